The Morgan fingerprint density at radius 1 is 1.35 bits per heavy atom. The van der Waals surface area contributed by atoms with Crippen molar-refractivity contribution in [2.24, 2.45) is 11.7 Å². The van der Waals surface area contributed by atoms with Crippen molar-refractivity contribution >= 4 is 15.9 Å². The molecule has 0 amide bonds. The smallest absolute Gasteiger partial charge is 0.0388 e. The Balaban J connectivity index is 2.26. The van der Waals surface area contributed by atoms with Crippen LogP contribution in [0.4, 0.5) is 0 Å². The Labute approximate surface area is 112 Å². The zero-order valence-corrected chi connectivity index (χ0v) is 12.0. The van der Waals surface area contributed by atoms with Crippen LogP contribution in [0.2, 0.25) is 0 Å². The van der Waals surface area contributed by atoms with Crippen molar-refractivity contribution in [3.05, 3.63) is 34.3 Å². The Hall–Kier alpha value is -0.380. The molecule has 1 aromatic carbocycles. The van der Waals surface area contributed by atoms with Crippen LogP contribution in [-0.4, -0.2) is 24.5 Å². The minimum absolute atomic E-state index is 0.506. The summed E-state index contributed by atoms with van der Waals surface area (Å²) in [6.07, 6.45) is 2.54. The molecule has 0 radical (unpaired) electrons. The molecule has 2 unspecified atom stereocenters. The third-order valence-corrected chi connectivity index (χ3v) is 4.31. The normalized spacial score (nSPS) is 26.1. The van der Waals surface area contributed by atoms with E-state index in [1.165, 1.54) is 24.9 Å². The van der Waals surface area contributed by atoms with Crippen LogP contribution in [0.1, 0.15) is 31.4 Å². The monoisotopic (exact) mass is 296 g/mol. The summed E-state index contributed by atoms with van der Waals surface area (Å²) in [6, 6.07) is 9.22. The number of piperidine rings is 1. The highest BCUT2D eigenvalue weighted by atomic mass is 79.9. The Kier molecular flexibility index (Phi) is 4.60. The standard InChI is InChI=1S/C14H21BrN2/c1-2-17-9-3-4-12(10-16)14(17)11-5-7-13(15)8-6-11/h5-8,12,14H,2-4,9-10,16H2,1H3. The molecular weight excluding hydrogens is 276 g/mol. The molecule has 3 heteroatoms. The van der Waals surface area contributed by atoms with Gasteiger partial charge in [0, 0.05) is 10.5 Å². The highest BCUT2D eigenvalue weighted by molar-refractivity contribution is 9.10. The van der Waals surface area contributed by atoms with E-state index in [-0.39, 0.29) is 0 Å². The predicted molar refractivity (Wildman–Crippen MR) is 75.9 cm³/mol. The second-order valence-corrected chi connectivity index (χ2v) is 5.68. The first-order chi connectivity index (χ1) is 8.26. The number of nitrogens with two attached hydrogens (primary N) is 1. The number of rotatable bonds is 3. The average Bonchev–Trinajstić information content (AvgIpc) is 2.38. The number of halogens is 1. The van der Waals surface area contributed by atoms with Crippen molar-refractivity contribution in [3.63, 3.8) is 0 Å². The maximum Gasteiger partial charge on any atom is 0.0388 e. The van der Waals surface area contributed by atoms with Gasteiger partial charge in [0.2, 0.25) is 0 Å². The van der Waals surface area contributed by atoms with Crippen LogP contribution in [0.3, 0.4) is 0 Å². The lowest BCUT2D eigenvalue weighted by atomic mass is 9.85. The van der Waals surface area contributed by atoms with E-state index in [0.29, 0.717) is 12.0 Å². The molecule has 2 rings (SSSR count). The third kappa shape index (κ3) is 2.90. The van der Waals surface area contributed by atoms with Crippen LogP contribution in [0.15, 0.2) is 28.7 Å². The number of nitrogens with zero attached hydrogens (tertiary/aromatic N) is 1. The van der Waals surface area contributed by atoms with Crippen LogP contribution in [0.25, 0.3) is 0 Å². The van der Waals surface area contributed by atoms with Gasteiger partial charge in [0.05, 0.1) is 0 Å². The topological polar surface area (TPSA) is 29.3 Å². The zero-order valence-electron chi connectivity index (χ0n) is 10.4. The first-order valence-electron chi connectivity index (χ1n) is 6.45. The molecule has 0 aliphatic carbocycles. The second kappa shape index (κ2) is 5.98. The lowest BCUT2D eigenvalue weighted by molar-refractivity contribution is 0.102. The van der Waals surface area contributed by atoms with E-state index >= 15 is 0 Å². The van der Waals surface area contributed by atoms with E-state index in [4.69, 9.17) is 5.73 Å². The summed E-state index contributed by atoms with van der Waals surface area (Å²) in [5.74, 6) is 0.602. The lowest BCUT2D eigenvalue weighted by Gasteiger charge is -2.41. The lowest BCUT2D eigenvalue weighted by Crippen LogP contribution is -2.41. The van der Waals surface area contributed by atoms with Crippen LogP contribution >= 0.6 is 15.9 Å². The van der Waals surface area contributed by atoms with Crippen LogP contribution in [-0.2, 0) is 0 Å². The van der Waals surface area contributed by atoms with E-state index < -0.39 is 0 Å². The van der Waals surface area contributed by atoms with Crippen molar-refractivity contribution in [2.45, 2.75) is 25.8 Å². The van der Waals surface area contributed by atoms with Crippen LogP contribution in [0.5, 0.6) is 0 Å². The number of likely N-dealkylation sites (tertiary alicyclic amines) is 1. The summed E-state index contributed by atoms with van der Waals surface area (Å²) in [5.41, 5.74) is 7.35. The van der Waals surface area contributed by atoms with Gasteiger partial charge in [-0.05, 0) is 56.1 Å². The van der Waals surface area contributed by atoms with Gasteiger partial charge in [0.1, 0.15) is 0 Å². The molecular formula is C14H21BrN2. The Morgan fingerprint density at radius 3 is 2.65 bits per heavy atom. The predicted octanol–water partition coefficient (Wildman–Crippen LogP) is 3.18. The first-order valence-corrected chi connectivity index (χ1v) is 7.25. The van der Waals surface area contributed by atoms with Gasteiger partial charge in [-0.1, -0.05) is 35.0 Å². The zero-order chi connectivity index (χ0) is 12.3. The summed E-state index contributed by atoms with van der Waals surface area (Å²) >= 11 is 3.50. The molecule has 1 aliphatic rings. The van der Waals surface area contributed by atoms with Gasteiger partial charge in [0.15, 0.2) is 0 Å². The van der Waals surface area contributed by atoms with E-state index in [1.54, 1.807) is 0 Å². The quantitative estimate of drug-likeness (QED) is 0.928. The highest BCUT2D eigenvalue weighted by Crippen LogP contribution is 2.35. The van der Waals surface area contributed by atoms with Crippen LogP contribution < -0.4 is 5.73 Å². The summed E-state index contributed by atoms with van der Waals surface area (Å²) in [4.78, 5) is 2.56. The fourth-order valence-corrected chi connectivity index (χ4v) is 3.16. The summed E-state index contributed by atoms with van der Waals surface area (Å²) in [5, 5.41) is 0. The van der Waals surface area contributed by atoms with Gasteiger partial charge in [-0.3, -0.25) is 4.90 Å². The number of hydrogen-bond donors (Lipinski definition) is 1. The first kappa shape index (κ1) is 13.1. The third-order valence-electron chi connectivity index (χ3n) is 3.78. The van der Waals surface area contributed by atoms with Crippen molar-refractivity contribution in [1.82, 2.24) is 4.90 Å². The molecule has 0 bridgehead atoms. The molecule has 94 valence electrons. The minimum Gasteiger partial charge on any atom is -0.330 e. The number of hydrogen-bond acceptors (Lipinski definition) is 2. The molecule has 1 heterocycles. The fraction of sp³-hybridized carbons (Fsp3) is 0.571. The van der Waals surface area contributed by atoms with Crippen molar-refractivity contribution in [1.29, 1.82) is 0 Å². The molecule has 0 aromatic heterocycles. The Morgan fingerprint density at radius 2 is 2.06 bits per heavy atom. The molecule has 1 aromatic rings. The van der Waals surface area contributed by atoms with Gasteiger partial charge in [0.25, 0.3) is 0 Å². The molecule has 2 N–H and O–H groups in total. The summed E-state index contributed by atoms with van der Waals surface area (Å²) in [7, 11) is 0. The van der Waals surface area contributed by atoms with Gasteiger partial charge >= 0.3 is 0 Å². The van der Waals surface area contributed by atoms with Crippen molar-refractivity contribution < 1.29 is 0 Å². The van der Waals surface area contributed by atoms with E-state index in [1.807, 2.05) is 0 Å². The van der Waals surface area contributed by atoms with Crippen LogP contribution in [0, 0.1) is 5.92 Å². The molecule has 0 saturated carbocycles. The minimum atomic E-state index is 0.506. The van der Waals surface area contributed by atoms with Crippen molar-refractivity contribution in [2.75, 3.05) is 19.6 Å². The molecule has 2 nitrogen and oxygen atoms in total. The largest absolute Gasteiger partial charge is 0.330 e. The molecule has 0 spiro atoms. The molecule has 1 saturated heterocycles. The van der Waals surface area contributed by atoms with Gasteiger partial charge in [-0.15, -0.1) is 0 Å². The highest BCUT2D eigenvalue weighted by Gasteiger charge is 2.30. The van der Waals surface area contributed by atoms with Gasteiger partial charge in [-0.25, -0.2) is 0 Å². The molecule has 17 heavy (non-hydrogen) atoms. The van der Waals surface area contributed by atoms with E-state index in [0.717, 1.165) is 17.6 Å². The molecule has 1 fully saturated rings. The maximum absolute atomic E-state index is 5.94. The van der Waals surface area contributed by atoms with E-state index in [9.17, 15) is 0 Å². The SMILES string of the molecule is CCN1CCCC(CN)C1c1ccc(Br)cc1. The van der Waals surface area contributed by atoms with Gasteiger partial charge < -0.3 is 5.73 Å². The fourth-order valence-electron chi connectivity index (χ4n) is 2.90. The Bertz CT molecular complexity index is 338. The number of benzene rings is 1. The molecule has 2 atom stereocenters. The second-order valence-electron chi connectivity index (χ2n) is 4.76. The average molecular weight is 297 g/mol. The summed E-state index contributed by atoms with van der Waals surface area (Å²) in [6.45, 7) is 5.34. The van der Waals surface area contributed by atoms with Crippen molar-refractivity contribution in [3.8, 4) is 0 Å². The maximum atomic E-state index is 5.94. The summed E-state index contributed by atoms with van der Waals surface area (Å²) < 4.78 is 1.14. The van der Waals surface area contributed by atoms with Gasteiger partial charge in [-0.2, -0.15) is 0 Å². The van der Waals surface area contributed by atoms with E-state index in [2.05, 4.69) is 52.0 Å². The molecule has 1 aliphatic heterocycles.